The van der Waals surface area contributed by atoms with Crippen molar-refractivity contribution in [3.63, 3.8) is 0 Å². The Labute approximate surface area is 129 Å². The van der Waals surface area contributed by atoms with E-state index >= 15 is 0 Å². The molecule has 3 nitrogen and oxygen atoms in total. The van der Waals surface area contributed by atoms with Crippen LogP contribution in [0.3, 0.4) is 0 Å². The normalized spacial score (nSPS) is 15.9. The average Bonchev–Trinajstić information content (AvgIpc) is 2.38. The third-order valence-electron chi connectivity index (χ3n) is 3.08. The molecule has 0 atom stereocenters. The van der Waals surface area contributed by atoms with Crippen LogP contribution in [0.5, 0.6) is 0 Å². The van der Waals surface area contributed by atoms with Crippen LogP contribution < -0.4 is 0 Å². The molecule has 2 aromatic heterocycles. The lowest BCUT2D eigenvalue weighted by molar-refractivity contribution is -0.0395. The van der Waals surface area contributed by atoms with Crippen LogP contribution >= 0.6 is 31.9 Å². The largest absolute Gasteiger partial charge is 0.385 e. The van der Waals surface area contributed by atoms with E-state index in [0.29, 0.717) is 0 Å². The van der Waals surface area contributed by atoms with Crippen LogP contribution in [0, 0.1) is 0 Å². The highest BCUT2D eigenvalue weighted by molar-refractivity contribution is 9.10. The SMILES string of the molecule is Brc1cccnc1.OC1(c2ccncc2Br)CCC1. The number of rotatable bonds is 1. The smallest absolute Gasteiger partial charge is 0.0908 e. The molecule has 1 aliphatic carbocycles. The number of nitrogens with zero attached hydrogens (tertiary/aromatic N) is 2. The molecule has 0 unspecified atom stereocenters. The third kappa shape index (κ3) is 3.84. The molecule has 3 rings (SSSR count). The Bertz CT molecular complexity index is 530. The zero-order valence-electron chi connectivity index (χ0n) is 10.3. The first-order valence-electron chi connectivity index (χ1n) is 6.00. The van der Waals surface area contributed by atoms with E-state index in [2.05, 4.69) is 41.8 Å². The molecule has 1 saturated carbocycles. The van der Waals surface area contributed by atoms with E-state index in [1.165, 1.54) is 0 Å². The standard InChI is InChI=1S/C9H10BrNO.C5H4BrN/c10-8-6-11-5-2-7(8)9(12)3-1-4-9;6-5-2-1-3-7-4-5/h2,5-6,12H,1,3-4H2;1-4H. The fraction of sp³-hybridized carbons (Fsp3) is 0.286. The van der Waals surface area contributed by atoms with Crippen LogP contribution in [-0.2, 0) is 5.60 Å². The van der Waals surface area contributed by atoms with Crippen molar-refractivity contribution < 1.29 is 5.11 Å². The Kier molecular flexibility index (Phi) is 5.07. The summed E-state index contributed by atoms with van der Waals surface area (Å²) in [6.07, 6.45) is 9.79. The first-order chi connectivity index (χ1) is 9.12. The van der Waals surface area contributed by atoms with Gasteiger partial charge in [-0.3, -0.25) is 9.97 Å². The van der Waals surface area contributed by atoms with Gasteiger partial charge in [0, 0.05) is 39.3 Å². The quantitative estimate of drug-likeness (QED) is 0.804. The van der Waals surface area contributed by atoms with Crippen LogP contribution in [0.25, 0.3) is 0 Å². The number of hydrogen-bond acceptors (Lipinski definition) is 3. The van der Waals surface area contributed by atoms with Crippen LogP contribution in [0.1, 0.15) is 24.8 Å². The number of hydrogen-bond donors (Lipinski definition) is 1. The molecule has 0 bridgehead atoms. The summed E-state index contributed by atoms with van der Waals surface area (Å²) < 4.78 is 1.93. The van der Waals surface area contributed by atoms with Gasteiger partial charge in [0.1, 0.15) is 0 Å². The molecular weight excluding hydrogens is 372 g/mol. The first kappa shape index (κ1) is 14.6. The van der Waals surface area contributed by atoms with Crippen molar-refractivity contribution in [2.75, 3.05) is 0 Å². The van der Waals surface area contributed by atoms with E-state index in [9.17, 15) is 5.11 Å². The molecule has 0 saturated heterocycles. The molecule has 0 amide bonds. The summed E-state index contributed by atoms with van der Waals surface area (Å²) in [7, 11) is 0. The molecule has 2 heterocycles. The Hall–Kier alpha value is -0.780. The van der Waals surface area contributed by atoms with Gasteiger partial charge < -0.3 is 5.11 Å². The number of aromatic nitrogens is 2. The van der Waals surface area contributed by atoms with Gasteiger partial charge in [-0.25, -0.2) is 0 Å². The highest BCUT2D eigenvalue weighted by Gasteiger charge is 2.37. The predicted octanol–water partition coefficient (Wildman–Crippen LogP) is 4.06. The molecule has 5 heteroatoms. The number of halogens is 2. The van der Waals surface area contributed by atoms with Gasteiger partial charge in [0.05, 0.1) is 5.60 Å². The molecule has 100 valence electrons. The van der Waals surface area contributed by atoms with Gasteiger partial charge in [0.2, 0.25) is 0 Å². The monoisotopic (exact) mass is 384 g/mol. The summed E-state index contributed by atoms with van der Waals surface area (Å²) in [5, 5.41) is 10.0. The Morgan fingerprint density at radius 2 is 1.79 bits per heavy atom. The summed E-state index contributed by atoms with van der Waals surface area (Å²) in [5.41, 5.74) is 0.394. The minimum absolute atomic E-state index is 0.582. The summed E-state index contributed by atoms with van der Waals surface area (Å²) in [5.74, 6) is 0. The van der Waals surface area contributed by atoms with E-state index in [0.717, 1.165) is 33.8 Å². The lowest BCUT2D eigenvalue weighted by Crippen LogP contribution is -2.33. The maximum atomic E-state index is 10.0. The lowest BCUT2D eigenvalue weighted by atomic mass is 9.75. The van der Waals surface area contributed by atoms with Crippen molar-refractivity contribution >= 4 is 31.9 Å². The second-order valence-electron chi connectivity index (χ2n) is 4.41. The molecule has 1 N–H and O–H groups in total. The highest BCUT2D eigenvalue weighted by atomic mass is 79.9. The van der Waals surface area contributed by atoms with Gasteiger partial charge in [-0.2, -0.15) is 0 Å². The second-order valence-corrected chi connectivity index (χ2v) is 6.18. The molecule has 2 aromatic rings. The van der Waals surface area contributed by atoms with E-state index in [1.54, 1.807) is 24.8 Å². The molecule has 1 aliphatic rings. The summed E-state index contributed by atoms with van der Waals surface area (Å²) in [6.45, 7) is 0. The van der Waals surface area contributed by atoms with Crippen molar-refractivity contribution in [3.05, 3.63) is 57.5 Å². The first-order valence-corrected chi connectivity index (χ1v) is 7.58. The van der Waals surface area contributed by atoms with Crippen molar-refractivity contribution in [2.24, 2.45) is 0 Å². The minimum Gasteiger partial charge on any atom is -0.385 e. The summed E-state index contributed by atoms with van der Waals surface area (Å²) >= 11 is 6.63. The van der Waals surface area contributed by atoms with E-state index < -0.39 is 5.60 Å². The maximum Gasteiger partial charge on any atom is 0.0908 e. The minimum atomic E-state index is -0.582. The molecular formula is C14H14Br2N2O. The highest BCUT2D eigenvalue weighted by Crippen LogP contribution is 2.43. The number of pyridine rings is 2. The van der Waals surface area contributed by atoms with Crippen molar-refractivity contribution in [1.82, 2.24) is 9.97 Å². The Morgan fingerprint density at radius 1 is 1.05 bits per heavy atom. The topological polar surface area (TPSA) is 46.0 Å². The number of aliphatic hydroxyl groups is 1. The lowest BCUT2D eigenvalue weighted by Gasteiger charge is -2.37. The van der Waals surface area contributed by atoms with Crippen LogP contribution in [0.15, 0.2) is 51.9 Å². The molecule has 0 aliphatic heterocycles. The van der Waals surface area contributed by atoms with Gasteiger partial charge in [-0.15, -0.1) is 0 Å². The fourth-order valence-corrected chi connectivity index (χ4v) is 2.77. The summed E-state index contributed by atoms with van der Waals surface area (Å²) in [6, 6.07) is 5.69. The Balaban J connectivity index is 0.000000163. The van der Waals surface area contributed by atoms with E-state index in [1.807, 2.05) is 18.2 Å². The van der Waals surface area contributed by atoms with Crippen molar-refractivity contribution in [1.29, 1.82) is 0 Å². The molecule has 0 radical (unpaired) electrons. The van der Waals surface area contributed by atoms with Crippen LogP contribution in [0.2, 0.25) is 0 Å². The van der Waals surface area contributed by atoms with Gasteiger partial charge in [0.25, 0.3) is 0 Å². The molecule has 0 spiro atoms. The van der Waals surface area contributed by atoms with E-state index in [4.69, 9.17) is 0 Å². The summed E-state index contributed by atoms with van der Waals surface area (Å²) in [4.78, 5) is 7.80. The van der Waals surface area contributed by atoms with Crippen molar-refractivity contribution in [3.8, 4) is 0 Å². The average molecular weight is 386 g/mol. The maximum absolute atomic E-state index is 10.0. The van der Waals surface area contributed by atoms with Gasteiger partial charge in [0.15, 0.2) is 0 Å². The van der Waals surface area contributed by atoms with Gasteiger partial charge >= 0.3 is 0 Å². The fourth-order valence-electron chi connectivity index (χ4n) is 1.88. The van der Waals surface area contributed by atoms with Crippen LogP contribution in [-0.4, -0.2) is 15.1 Å². The molecule has 1 fully saturated rings. The third-order valence-corrected chi connectivity index (χ3v) is 4.18. The predicted molar refractivity (Wildman–Crippen MR) is 81.6 cm³/mol. The van der Waals surface area contributed by atoms with Crippen molar-refractivity contribution in [2.45, 2.75) is 24.9 Å². The molecule has 0 aromatic carbocycles. The Morgan fingerprint density at radius 3 is 2.21 bits per heavy atom. The zero-order chi connectivity index (χ0) is 13.7. The molecule has 19 heavy (non-hydrogen) atoms. The van der Waals surface area contributed by atoms with Crippen LogP contribution in [0.4, 0.5) is 0 Å². The van der Waals surface area contributed by atoms with E-state index in [-0.39, 0.29) is 0 Å². The van der Waals surface area contributed by atoms with Gasteiger partial charge in [-0.05, 0) is 69.3 Å². The van der Waals surface area contributed by atoms with Gasteiger partial charge in [-0.1, -0.05) is 0 Å². The second kappa shape index (κ2) is 6.59. The zero-order valence-corrected chi connectivity index (χ0v) is 13.4.